The molecule has 1 rings (SSSR count). The largest absolute Gasteiger partial charge is 0.327 e. The fourth-order valence-corrected chi connectivity index (χ4v) is 3.14. The lowest BCUT2D eigenvalue weighted by Crippen LogP contribution is -2.26. The average molecular weight is 312 g/mol. The van der Waals surface area contributed by atoms with Gasteiger partial charge in [0.25, 0.3) is 0 Å². The topological polar surface area (TPSA) is 26.0 Å². The zero-order chi connectivity index (χ0) is 13.8. The molecule has 0 aliphatic heterocycles. The van der Waals surface area contributed by atoms with E-state index in [1.54, 1.807) is 0 Å². The van der Waals surface area contributed by atoms with Crippen LogP contribution in [0.1, 0.15) is 46.1 Å². The smallest absolute Gasteiger partial charge is 0.0178 e. The molecule has 0 saturated carbocycles. The highest BCUT2D eigenvalue weighted by Crippen LogP contribution is 2.27. The number of rotatable bonds is 5. The Hall–Kier alpha value is -0.340. The van der Waals surface area contributed by atoms with Crippen molar-refractivity contribution in [3.63, 3.8) is 0 Å². The summed E-state index contributed by atoms with van der Waals surface area (Å²) in [6.07, 6.45) is 3.30. The summed E-state index contributed by atoms with van der Waals surface area (Å²) < 4.78 is 1.13. The molecule has 1 aromatic carbocycles. The molecule has 1 nitrogen and oxygen atoms in total. The molecule has 0 amide bonds. The number of hydrogen-bond acceptors (Lipinski definition) is 1. The summed E-state index contributed by atoms with van der Waals surface area (Å²) in [5.41, 5.74) is 7.98. The van der Waals surface area contributed by atoms with Crippen molar-refractivity contribution >= 4 is 15.9 Å². The third-order valence-corrected chi connectivity index (χ3v) is 3.55. The van der Waals surface area contributed by atoms with Gasteiger partial charge >= 0.3 is 0 Å². The molecule has 0 fully saturated rings. The van der Waals surface area contributed by atoms with Crippen LogP contribution in [0.5, 0.6) is 0 Å². The fourth-order valence-electron chi connectivity index (χ4n) is 2.70. The van der Waals surface area contributed by atoms with Crippen molar-refractivity contribution in [3.05, 3.63) is 34.3 Å². The zero-order valence-corrected chi connectivity index (χ0v) is 13.6. The quantitative estimate of drug-likeness (QED) is 0.832. The van der Waals surface area contributed by atoms with Crippen LogP contribution in [-0.4, -0.2) is 6.04 Å². The molecule has 0 aliphatic rings. The second kappa shape index (κ2) is 6.72. The molecule has 102 valence electrons. The van der Waals surface area contributed by atoms with Gasteiger partial charge in [-0.15, -0.1) is 0 Å². The van der Waals surface area contributed by atoms with Crippen molar-refractivity contribution < 1.29 is 0 Å². The average Bonchev–Trinajstić information content (AvgIpc) is 2.13. The molecule has 2 unspecified atom stereocenters. The van der Waals surface area contributed by atoms with Gasteiger partial charge in [-0.05, 0) is 48.3 Å². The number of nitrogens with two attached hydrogens (primary N) is 1. The van der Waals surface area contributed by atoms with Crippen LogP contribution in [0.15, 0.2) is 28.7 Å². The summed E-state index contributed by atoms with van der Waals surface area (Å²) in [5, 5.41) is 0. The fraction of sp³-hybridized carbons (Fsp3) is 0.625. The van der Waals surface area contributed by atoms with E-state index in [4.69, 9.17) is 5.73 Å². The maximum Gasteiger partial charge on any atom is 0.0178 e. The lowest BCUT2D eigenvalue weighted by Gasteiger charge is -2.25. The maximum atomic E-state index is 6.26. The van der Waals surface area contributed by atoms with Gasteiger partial charge in [0.2, 0.25) is 0 Å². The van der Waals surface area contributed by atoms with E-state index in [1.807, 2.05) is 0 Å². The van der Waals surface area contributed by atoms with E-state index in [0.717, 1.165) is 17.3 Å². The van der Waals surface area contributed by atoms with Gasteiger partial charge in [-0.3, -0.25) is 0 Å². The van der Waals surface area contributed by atoms with E-state index >= 15 is 0 Å². The third-order valence-electron chi connectivity index (χ3n) is 3.05. The highest BCUT2D eigenvalue weighted by atomic mass is 79.9. The van der Waals surface area contributed by atoms with E-state index in [9.17, 15) is 0 Å². The van der Waals surface area contributed by atoms with Gasteiger partial charge in [-0.2, -0.15) is 0 Å². The van der Waals surface area contributed by atoms with Crippen LogP contribution in [-0.2, 0) is 6.42 Å². The second-order valence-electron chi connectivity index (χ2n) is 6.70. The molecule has 0 bridgehead atoms. The predicted octanol–water partition coefficient (Wildman–Crippen LogP) is 4.78. The summed E-state index contributed by atoms with van der Waals surface area (Å²) in [6, 6.07) is 8.70. The molecular weight excluding hydrogens is 286 g/mol. The van der Waals surface area contributed by atoms with Crippen LogP contribution in [0.25, 0.3) is 0 Å². The Morgan fingerprint density at radius 1 is 1.28 bits per heavy atom. The molecule has 2 atom stereocenters. The molecule has 2 N–H and O–H groups in total. The SMILES string of the molecule is CC(CC(N)Cc1cccc(Br)c1)CC(C)(C)C. The van der Waals surface area contributed by atoms with Crippen molar-refractivity contribution in [3.8, 4) is 0 Å². The molecule has 1 aromatic rings. The van der Waals surface area contributed by atoms with Crippen molar-refractivity contribution in [1.29, 1.82) is 0 Å². The molecule has 0 heterocycles. The first-order valence-corrected chi connectivity index (χ1v) is 7.55. The first kappa shape index (κ1) is 15.7. The Kier molecular flexibility index (Phi) is 5.87. The summed E-state index contributed by atoms with van der Waals surface area (Å²) in [5.74, 6) is 0.687. The van der Waals surface area contributed by atoms with Crippen molar-refractivity contribution in [2.24, 2.45) is 17.1 Å². The molecule has 0 radical (unpaired) electrons. The Morgan fingerprint density at radius 3 is 2.50 bits per heavy atom. The van der Waals surface area contributed by atoms with E-state index in [0.29, 0.717) is 11.3 Å². The van der Waals surface area contributed by atoms with Crippen LogP contribution in [0, 0.1) is 11.3 Å². The van der Waals surface area contributed by atoms with Gasteiger partial charge in [-0.1, -0.05) is 55.8 Å². The van der Waals surface area contributed by atoms with E-state index in [1.165, 1.54) is 12.0 Å². The highest BCUT2D eigenvalue weighted by molar-refractivity contribution is 9.10. The van der Waals surface area contributed by atoms with E-state index in [-0.39, 0.29) is 6.04 Å². The minimum absolute atomic E-state index is 0.261. The molecule has 0 aliphatic carbocycles. The maximum absolute atomic E-state index is 6.26. The Balaban J connectivity index is 2.44. The van der Waals surface area contributed by atoms with Gasteiger partial charge in [0.1, 0.15) is 0 Å². The molecular formula is C16H26BrN. The van der Waals surface area contributed by atoms with E-state index in [2.05, 4.69) is 67.9 Å². The first-order valence-electron chi connectivity index (χ1n) is 6.76. The van der Waals surface area contributed by atoms with Crippen LogP contribution >= 0.6 is 15.9 Å². The summed E-state index contributed by atoms with van der Waals surface area (Å²) in [6.45, 7) is 9.20. The minimum atomic E-state index is 0.261. The zero-order valence-electron chi connectivity index (χ0n) is 12.0. The Bertz CT molecular complexity index is 368. The second-order valence-corrected chi connectivity index (χ2v) is 7.62. The minimum Gasteiger partial charge on any atom is -0.327 e. The van der Waals surface area contributed by atoms with Gasteiger partial charge in [-0.25, -0.2) is 0 Å². The standard InChI is InChI=1S/C16H26BrN/c1-12(11-16(2,3)4)8-15(18)10-13-6-5-7-14(17)9-13/h5-7,9,12,15H,8,10-11,18H2,1-4H3. The summed E-state index contributed by atoms with van der Waals surface area (Å²) >= 11 is 3.50. The third kappa shape index (κ3) is 6.55. The van der Waals surface area contributed by atoms with Crippen molar-refractivity contribution in [2.75, 3.05) is 0 Å². The monoisotopic (exact) mass is 311 g/mol. The highest BCUT2D eigenvalue weighted by Gasteiger charge is 2.17. The molecule has 2 heteroatoms. The number of hydrogen-bond donors (Lipinski definition) is 1. The Morgan fingerprint density at radius 2 is 1.94 bits per heavy atom. The molecule has 18 heavy (non-hydrogen) atoms. The van der Waals surface area contributed by atoms with Crippen molar-refractivity contribution in [2.45, 2.75) is 53.0 Å². The van der Waals surface area contributed by atoms with E-state index < -0.39 is 0 Å². The summed E-state index contributed by atoms with van der Waals surface area (Å²) in [7, 11) is 0. The van der Waals surface area contributed by atoms with Crippen LogP contribution in [0.2, 0.25) is 0 Å². The van der Waals surface area contributed by atoms with Gasteiger partial charge in [0.15, 0.2) is 0 Å². The first-order chi connectivity index (χ1) is 8.26. The van der Waals surface area contributed by atoms with Gasteiger partial charge in [0.05, 0.1) is 0 Å². The van der Waals surface area contributed by atoms with Crippen LogP contribution in [0.3, 0.4) is 0 Å². The Labute approximate surface area is 120 Å². The summed E-state index contributed by atoms with van der Waals surface area (Å²) in [4.78, 5) is 0. The molecule has 0 spiro atoms. The lowest BCUT2D eigenvalue weighted by atomic mass is 9.82. The molecule has 0 aromatic heterocycles. The number of benzene rings is 1. The van der Waals surface area contributed by atoms with Gasteiger partial charge < -0.3 is 5.73 Å². The normalized spacial score (nSPS) is 15.4. The lowest BCUT2D eigenvalue weighted by molar-refractivity contribution is 0.285. The molecule has 0 saturated heterocycles. The van der Waals surface area contributed by atoms with Crippen molar-refractivity contribution in [1.82, 2.24) is 0 Å². The van der Waals surface area contributed by atoms with Gasteiger partial charge in [0, 0.05) is 10.5 Å². The predicted molar refractivity (Wildman–Crippen MR) is 83.7 cm³/mol. The van der Waals surface area contributed by atoms with Crippen LogP contribution < -0.4 is 5.73 Å². The number of halogens is 1. The van der Waals surface area contributed by atoms with Crippen LogP contribution in [0.4, 0.5) is 0 Å².